The van der Waals surface area contributed by atoms with E-state index in [4.69, 9.17) is 4.74 Å². The summed E-state index contributed by atoms with van der Waals surface area (Å²) in [6, 6.07) is 20.7. The van der Waals surface area contributed by atoms with Crippen LogP contribution in [0.25, 0.3) is 21.8 Å². The Labute approximate surface area is 282 Å². The van der Waals surface area contributed by atoms with E-state index in [0.29, 0.717) is 0 Å². The van der Waals surface area contributed by atoms with E-state index in [-0.39, 0.29) is 32.2 Å². The molecular formula is C37H38N6O6. The summed E-state index contributed by atoms with van der Waals surface area (Å²) >= 11 is 0. The van der Waals surface area contributed by atoms with Crippen molar-refractivity contribution in [3.8, 4) is 0 Å². The maximum Gasteiger partial charge on any atom is 0.307 e. The monoisotopic (exact) mass is 662 g/mol. The highest BCUT2D eigenvalue weighted by Crippen LogP contribution is 2.21. The molecule has 0 radical (unpaired) electrons. The van der Waals surface area contributed by atoms with Crippen molar-refractivity contribution in [1.29, 1.82) is 0 Å². The molecule has 0 bridgehead atoms. The molecule has 1 saturated heterocycles. The van der Waals surface area contributed by atoms with Gasteiger partial charge in [-0.15, -0.1) is 0 Å². The first-order valence-electron chi connectivity index (χ1n) is 16.3. The van der Waals surface area contributed by atoms with Crippen LogP contribution in [0.15, 0.2) is 91.3 Å². The van der Waals surface area contributed by atoms with Gasteiger partial charge in [-0.3, -0.25) is 24.0 Å². The minimum atomic E-state index is -1.31. The van der Waals surface area contributed by atoms with Gasteiger partial charge in [0.2, 0.25) is 23.6 Å². The standard InChI is InChI=1S/C37H38N6O6/c1-22-34(43-32(44)17-23-9-3-2-4-10-23)37(48)42-31(19-25-21-40-29-14-8-6-12-27(25)29)36(47)41-30(35(46)38-16-15-33(45)49-22)18-24-20-39-28-13-7-5-11-26(24)28/h2-14,20-22,30-31,34,39-40H,15-19H2,1H3,(H,38,46)(H,41,47)(H,42,48)(H,43,44)/t22-,30-,31+,34+/m1/s1. The van der Waals surface area contributed by atoms with Crippen LogP contribution < -0.4 is 21.3 Å². The smallest absolute Gasteiger partial charge is 0.307 e. The highest BCUT2D eigenvalue weighted by atomic mass is 16.5. The molecule has 6 rings (SSSR count). The second-order valence-corrected chi connectivity index (χ2v) is 12.2. The minimum absolute atomic E-state index is 0.00785. The van der Waals surface area contributed by atoms with Crippen molar-refractivity contribution in [3.05, 3.63) is 108 Å². The lowest BCUT2D eigenvalue weighted by Gasteiger charge is -2.28. The van der Waals surface area contributed by atoms with Crippen molar-refractivity contribution in [1.82, 2.24) is 31.2 Å². The number of amides is 4. The second-order valence-electron chi connectivity index (χ2n) is 12.2. The summed E-state index contributed by atoms with van der Waals surface area (Å²) in [6.07, 6.45) is 2.51. The molecule has 4 atom stereocenters. The van der Waals surface area contributed by atoms with Gasteiger partial charge in [-0.25, -0.2) is 0 Å². The van der Waals surface area contributed by atoms with Crippen LogP contribution >= 0.6 is 0 Å². The van der Waals surface area contributed by atoms with Gasteiger partial charge in [-0.1, -0.05) is 66.7 Å². The maximum absolute atomic E-state index is 14.1. The number of esters is 1. The van der Waals surface area contributed by atoms with E-state index >= 15 is 0 Å². The molecule has 1 aliphatic rings. The number of nitrogens with one attached hydrogen (secondary N) is 6. The van der Waals surface area contributed by atoms with Crippen LogP contribution in [0.1, 0.15) is 30.0 Å². The number of H-pyrrole nitrogens is 2. The molecule has 0 spiro atoms. The van der Waals surface area contributed by atoms with Crippen molar-refractivity contribution in [3.63, 3.8) is 0 Å². The third kappa shape index (κ3) is 7.98. The maximum atomic E-state index is 14.1. The zero-order valence-electron chi connectivity index (χ0n) is 27.0. The van der Waals surface area contributed by atoms with Gasteiger partial charge in [-0.05, 0) is 35.7 Å². The number of ether oxygens (including phenoxy) is 1. The van der Waals surface area contributed by atoms with Crippen molar-refractivity contribution >= 4 is 51.4 Å². The van der Waals surface area contributed by atoms with E-state index in [9.17, 15) is 24.0 Å². The molecule has 49 heavy (non-hydrogen) atoms. The van der Waals surface area contributed by atoms with E-state index < -0.39 is 53.8 Å². The molecule has 3 heterocycles. The fourth-order valence-electron chi connectivity index (χ4n) is 6.14. The Bertz CT molecular complexity index is 1980. The van der Waals surface area contributed by atoms with Gasteiger partial charge in [-0.2, -0.15) is 0 Å². The van der Waals surface area contributed by atoms with Crippen molar-refractivity contribution in [2.45, 2.75) is 56.8 Å². The van der Waals surface area contributed by atoms with Crippen molar-refractivity contribution in [2.24, 2.45) is 0 Å². The molecular weight excluding hydrogens is 624 g/mol. The quantitative estimate of drug-likeness (QED) is 0.146. The largest absolute Gasteiger partial charge is 0.460 e. The van der Waals surface area contributed by atoms with Gasteiger partial charge in [0.05, 0.1) is 12.8 Å². The zero-order valence-corrected chi connectivity index (χ0v) is 27.0. The molecule has 12 nitrogen and oxygen atoms in total. The molecule has 2 aromatic heterocycles. The SMILES string of the molecule is C[C@H]1OC(=O)CCNC(=O)[C@@H](Cc2c[nH]c3ccccc23)NC(=O)[C@H](Cc2c[nH]c3ccccc23)NC(=O)[C@H]1NC(=O)Cc1ccccc1. The Balaban J connectivity index is 1.31. The summed E-state index contributed by atoms with van der Waals surface area (Å²) in [7, 11) is 0. The number of rotatable bonds is 7. The van der Waals surface area contributed by atoms with E-state index in [1.54, 1.807) is 36.7 Å². The number of hydrogen-bond acceptors (Lipinski definition) is 6. The van der Waals surface area contributed by atoms with E-state index in [1.807, 2.05) is 54.6 Å². The van der Waals surface area contributed by atoms with Gasteiger partial charge in [0, 0.05) is 53.6 Å². The van der Waals surface area contributed by atoms with Gasteiger partial charge >= 0.3 is 5.97 Å². The number of carbonyl (C=O) groups is 5. The van der Waals surface area contributed by atoms with Crippen LogP contribution in [0.3, 0.4) is 0 Å². The average Bonchev–Trinajstić information content (AvgIpc) is 3.70. The van der Waals surface area contributed by atoms with E-state index in [2.05, 4.69) is 31.2 Å². The van der Waals surface area contributed by atoms with Crippen molar-refractivity contribution < 1.29 is 28.7 Å². The predicted molar refractivity (Wildman–Crippen MR) is 183 cm³/mol. The summed E-state index contributed by atoms with van der Waals surface area (Å²) in [4.78, 5) is 74.0. The summed E-state index contributed by atoms with van der Waals surface area (Å²) < 4.78 is 5.57. The first-order chi connectivity index (χ1) is 23.7. The first-order valence-corrected chi connectivity index (χ1v) is 16.3. The Hall–Kier alpha value is -5.91. The topological polar surface area (TPSA) is 174 Å². The molecule has 6 N–H and O–H groups in total. The van der Waals surface area contributed by atoms with Gasteiger partial charge in [0.1, 0.15) is 24.2 Å². The third-order valence-electron chi connectivity index (χ3n) is 8.69. The number of aromatic amines is 2. The predicted octanol–water partition coefficient (Wildman–Crippen LogP) is 2.58. The summed E-state index contributed by atoms with van der Waals surface area (Å²) in [5, 5.41) is 12.9. The molecule has 3 aromatic carbocycles. The number of para-hydroxylation sites is 2. The molecule has 0 saturated carbocycles. The Morgan fingerprint density at radius 3 is 1.92 bits per heavy atom. The van der Waals surface area contributed by atoms with Crippen LogP contribution in [0.5, 0.6) is 0 Å². The fourth-order valence-corrected chi connectivity index (χ4v) is 6.14. The Kier molecular flexibility index (Phi) is 10.0. The molecule has 0 unspecified atom stereocenters. The van der Waals surface area contributed by atoms with Gasteiger partial charge in [0.15, 0.2) is 0 Å². The molecule has 4 amide bonds. The van der Waals surface area contributed by atoms with Crippen molar-refractivity contribution in [2.75, 3.05) is 6.54 Å². The molecule has 0 aliphatic carbocycles. The number of benzene rings is 3. The average molecular weight is 663 g/mol. The molecule has 252 valence electrons. The van der Waals surface area contributed by atoms with Gasteiger partial charge in [0.25, 0.3) is 0 Å². The Morgan fingerprint density at radius 1 is 0.735 bits per heavy atom. The highest BCUT2D eigenvalue weighted by molar-refractivity contribution is 5.96. The zero-order chi connectivity index (χ0) is 34.3. The van der Waals surface area contributed by atoms with Gasteiger partial charge < -0.3 is 36.0 Å². The number of carbonyl (C=O) groups excluding carboxylic acids is 5. The number of fused-ring (bicyclic) bond motifs is 2. The van der Waals surface area contributed by atoms with Crippen LogP contribution in [0.4, 0.5) is 0 Å². The summed E-state index contributed by atoms with van der Waals surface area (Å²) in [5.74, 6) is -2.91. The molecule has 12 heteroatoms. The van der Waals surface area contributed by atoms with Crippen LogP contribution in [0, 0.1) is 0 Å². The summed E-state index contributed by atoms with van der Waals surface area (Å²) in [6.45, 7) is 1.45. The number of hydrogen-bond donors (Lipinski definition) is 6. The van der Waals surface area contributed by atoms with Crippen LogP contribution in [-0.2, 0) is 48.0 Å². The first kappa shape index (κ1) is 33.0. The molecule has 1 fully saturated rings. The van der Waals surface area contributed by atoms with E-state index in [1.165, 1.54) is 6.92 Å². The van der Waals surface area contributed by atoms with E-state index in [0.717, 1.165) is 38.5 Å². The lowest BCUT2D eigenvalue weighted by Crippen LogP contribution is -2.60. The Morgan fingerprint density at radius 2 is 1.29 bits per heavy atom. The third-order valence-corrected chi connectivity index (χ3v) is 8.69. The normalized spacial score (nSPS) is 20.9. The lowest BCUT2D eigenvalue weighted by molar-refractivity contribution is -0.152. The molecule has 1 aliphatic heterocycles. The van der Waals surface area contributed by atoms with Crippen LogP contribution in [0.2, 0.25) is 0 Å². The highest BCUT2D eigenvalue weighted by Gasteiger charge is 2.35. The van der Waals surface area contributed by atoms with Crippen LogP contribution in [-0.4, -0.2) is 70.3 Å². The lowest BCUT2D eigenvalue weighted by atomic mass is 10.0. The summed E-state index contributed by atoms with van der Waals surface area (Å²) in [5.41, 5.74) is 4.04. The number of cyclic esters (lactones) is 1. The fraction of sp³-hybridized carbons (Fsp3) is 0.270. The molecule has 5 aromatic rings. The number of aromatic nitrogens is 2. The second kappa shape index (κ2) is 14.9. The minimum Gasteiger partial charge on any atom is -0.460 e.